The van der Waals surface area contributed by atoms with Crippen molar-refractivity contribution in [3.63, 3.8) is 0 Å². The van der Waals surface area contributed by atoms with E-state index in [9.17, 15) is 35.9 Å². The maximum Gasteiger partial charge on any atom is 0.416 e. The van der Waals surface area contributed by atoms with Crippen LogP contribution < -0.4 is 0 Å². The van der Waals surface area contributed by atoms with Crippen LogP contribution in [0.1, 0.15) is 51.3 Å². The average molecular weight is 571 g/mol. The summed E-state index contributed by atoms with van der Waals surface area (Å²) < 4.78 is 80.4. The topological polar surface area (TPSA) is 40.6 Å². The highest BCUT2D eigenvalue weighted by Crippen LogP contribution is 2.36. The van der Waals surface area contributed by atoms with E-state index < -0.39 is 47.4 Å². The summed E-state index contributed by atoms with van der Waals surface area (Å²) in [7, 11) is 0. The zero-order chi connectivity index (χ0) is 29.0. The van der Waals surface area contributed by atoms with E-state index in [4.69, 9.17) is 0 Å². The highest BCUT2D eigenvalue weighted by molar-refractivity contribution is 7.10. The van der Waals surface area contributed by atoms with Gasteiger partial charge in [0.2, 0.25) is 5.91 Å². The number of rotatable bonds is 9. The summed E-state index contributed by atoms with van der Waals surface area (Å²) in [5.74, 6) is -1.78. The molecule has 1 heterocycles. The fraction of sp³-hybridized carbons (Fsp3) is 0.357. The predicted octanol–water partition coefficient (Wildman–Crippen LogP) is 7.42. The lowest BCUT2D eigenvalue weighted by atomic mass is 10.0. The molecule has 0 spiro atoms. The first-order chi connectivity index (χ1) is 18.1. The van der Waals surface area contributed by atoms with Crippen LogP contribution in [-0.2, 0) is 30.2 Å². The van der Waals surface area contributed by atoms with Crippen molar-refractivity contribution in [2.45, 2.75) is 46.2 Å². The zero-order valence-electron chi connectivity index (χ0n) is 21.6. The normalized spacial score (nSPS) is 12.1. The molecule has 1 aromatic heterocycles. The van der Waals surface area contributed by atoms with E-state index in [1.807, 2.05) is 48.7 Å². The number of nitrogens with zero attached hydrogens (tertiary/aromatic N) is 2. The Morgan fingerprint density at radius 1 is 0.846 bits per heavy atom. The largest absolute Gasteiger partial charge is 0.416 e. The molecule has 0 atom stereocenters. The van der Waals surface area contributed by atoms with Gasteiger partial charge in [0.05, 0.1) is 17.7 Å². The molecule has 0 fully saturated rings. The lowest BCUT2D eigenvalue weighted by molar-refractivity contribution is -0.143. The minimum absolute atomic E-state index is 0.0281. The SMILES string of the molecule is Cc1ccsc1CN(Cc1ccccc1)C(=O)CN(CC(C)C)C(=O)c1cc(C(F)(F)F)cc(C(F)(F)F)c1. The van der Waals surface area contributed by atoms with Crippen LogP contribution in [0.3, 0.4) is 0 Å². The Morgan fingerprint density at radius 3 is 1.92 bits per heavy atom. The number of benzene rings is 2. The van der Waals surface area contributed by atoms with Gasteiger partial charge in [0.25, 0.3) is 5.91 Å². The second kappa shape index (κ2) is 12.2. The molecule has 2 aromatic carbocycles. The quantitative estimate of drug-likeness (QED) is 0.251. The standard InChI is InChI=1S/C28H28F6N2O2S/c1-18(2)14-36(26(38)21-11-22(27(29,30)31)13-23(12-21)28(32,33)34)17-25(37)35(15-20-7-5-4-6-8-20)16-24-19(3)9-10-39-24/h4-13,18H,14-17H2,1-3H3. The van der Waals surface area contributed by atoms with Gasteiger partial charge in [-0.25, -0.2) is 0 Å². The van der Waals surface area contributed by atoms with Crippen molar-refractivity contribution in [2.24, 2.45) is 5.92 Å². The number of halogens is 6. The number of carbonyl (C=O) groups is 2. The predicted molar refractivity (Wildman–Crippen MR) is 137 cm³/mol. The van der Waals surface area contributed by atoms with Crippen molar-refractivity contribution in [1.82, 2.24) is 9.80 Å². The first-order valence-electron chi connectivity index (χ1n) is 12.1. The molecule has 0 aliphatic carbocycles. The van der Waals surface area contributed by atoms with E-state index in [1.165, 1.54) is 16.2 Å². The van der Waals surface area contributed by atoms with Crippen LogP contribution in [0.2, 0.25) is 0 Å². The van der Waals surface area contributed by atoms with Crippen molar-refractivity contribution in [1.29, 1.82) is 0 Å². The van der Waals surface area contributed by atoms with Gasteiger partial charge in [-0.05, 0) is 53.6 Å². The maximum atomic E-state index is 13.5. The number of alkyl halides is 6. The van der Waals surface area contributed by atoms with E-state index in [0.717, 1.165) is 20.9 Å². The van der Waals surface area contributed by atoms with Gasteiger partial charge in [-0.15, -0.1) is 11.3 Å². The summed E-state index contributed by atoms with van der Waals surface area (Å²) in [6.07, 6.45) is -10.2. The fourth-order valence-corrected chi connectivity index (χ4v) is 4.88. The third-order valence-electron chi connectivity index (χ3n) is 5.91. The van der Waals surface area contributed by atoms with Crippen LogP contribution in [-0.4, -0.2) is 34.7 Å². The summed E-state index contributed by atoms with van der Waals surface area (Å²) in [5.41, 5.74) is -2.15. The molecule has 0 unspecified atom stereocenters. The first-order valence-corrected chi connectivity index (χ1v) is 13.0. The van der Waals surface area contributed by atoms with Gasteiger partial charge in [0.15, 0.2) is 0 Å². The van der Waals surface area contributed by atoms with E-state index in [2.05, 4.69) is 0 Å². The van der Waals surface area contributed by atoms with Gasteiger partial charge in [-0.1, -0.05) is 44.2 Å². The molecule has 2 amide bonds. The van der Waals surface area contributed by atoms with Crippen molar-refractivity contribution in [2.75, 3.05) is 13.1 Å². The number of amides is 2. The number of hydrogen-bond donors (Lipinski definition) is 0. The minimum atomic E-state index is -5.10. The smallest absolute Gasteiger partial charge is 0.332 e. The molecule has 4 nitrogen and oxygen atoms in total. The summed E-state index contributed by atoms with van der Waals surface area (Å²) in [4.78, 5) is 30.4. The minimum Gasteiger partial charge on any atom is -0.332 e. The Labute approximate surface area is 226 Å². The van der Waals surface area contributed by atoms with Crippen molar-refractivity contribution in [3.8, 4) is 0 Å². The van der Waals surface area contributed by atoms with Gasteiger partial charge in [-0.2, -0.15) is 26.3 Å². The van der Waals surface area contributed by atoms with Crippen LogP contribution in [0, 0.1) is 12.8 Å². The van der Waals surface area contributed by atoms with Crippen LogP contribution in [0.25, 0.3) is 0 Å². The van der Waals surface area contributed by atoms with Crippen molar-refractivity contribution in [3.05, 3.63) is 92.7 Å². The van der Waals surface area contributed by atoms with Crippen LogP contribution in [0.5, 0.6) is 0 Å². The number of thiophene rings is 1. The molecule has 210 valence electrons. The van der Waals surface area contributed by atoms with E-state index >= 15 is 0 Å². The van der Waals surface area contributed by atoms with Gasteiger partial charge in [0.1, 0.15) is 6.54 Å². The average Bonchev–Trinajstić information content (AvgIpc) is 3.25. The van der Waals surface area contributed by atoms with E-state index in [1.54, 1.807) is 13.8 Å². The van der Waals surface area contributed by atoms with Crippen molar-refractivity contribution >= 4 is 23.2 Å². The Balaban J connectivity index is 1.95. The molecular formula is C28H28F6N2O2S. The second-order valence-electron chi connectivity index (χ2n) is 9.64. The molecule has 11 heteroatoms. The van der Waals surface area contributed by atoms with E-state index in [0.29, 0.717) is 12.1 Å². The van der Waals surface area contributed by atoms with Gasteiger partial charge in [-0.3, -0.25) is 9.59 Å². The molecule has 0 saturated heterocycles. The molecular weight excluding hydrogens is 542 g/mol. The monoisotopic (exact) mass is 570 g/mol. The van der Waals surface area contributed by atoms with Crippen LogP contribution >= 0.6 is 11.3 Å². The zero-order valence-corrected chi connectivity index (χ0v) is 22.4. The summed E-state index contributed by atoms with van der Waals surface area (Å²) >= 11 is 1.46. The molecule has 0 N–H and O–H groups in total. The third kappa shape index (κ3) is 8.32. The summed E-state index contributed by atoms with van der Waals surface area (Å²) in [6, 6.07) is 11.8. The molecule has 3 aromatic rings. The van der Waals surface area contributed by atoms with Gasteiger partial charge >= 0.3 is 12.4 Å². The number of carbonyl (C=O) groups excluding carboxylic acids is 2. The first kappa shape index (κ1) is 30.2. The fourth-order valence-electron chi connectivity index (χ4n) is 3.96. The molecule has 0 aliphatic heterocycles. The molecule has 0 bridgehead atoms. The summed E-state index contributed by atoms with van der Waals surface area (Å²) in [6.45, 7) is 5.26. The van der Waals surface area contributed by atoms with Crippen LogP contribution in [0.15, 0.2) is 60.0 Å². The number of hydrogen-bond acceptors (Lipinski definition) is 3. The molecule has 0 radical (unpaired) electrons. The second-order valence-corrected chi connectivity index (χ2v) is 10.6. The van der Waals surface area contributed by atoms with Gasteiger partial charge in [0, 0.05) is 23.5 Å². The Kier molecular flexibility index (Phi) is 9.47. The van der Waals surface area contributed by atoms with Gasteiger partial charge < -0.3 is 9.80 Å². The van der Waals surface area contributed by atoms with Crippen molar-refractivity contribution < 1.29 is 35.9 Å². The molecule has 39 heavy (non-hydrogen) atoms. The Hall–Kier alpha value is -3.34. The third-order valence-corrected chi connectivity index (χ3v) is 6.91. The van der Waals surface area contributed by atoms with E-state index in [-0.39, 0.29) is 31.6 Å². The molecule has 0 saturated carbocycles. The highest BCUT2D eigenvalue weighted by Gasteiger charge is 2.38. The van der Waals surface area contributed by atoms with Crippen LogP contribution in [0.4, 0.5) is 26.3 Å². The Bertz CT molecular complexity index is 1250. The highest BCUT2D eigenvalue weighted by atomic mass is 32.1. The molecule has 3 rings (SSSR count). The lowest BCUT2D eigenvalue weighted by Crippen LogP contribution is -2.44. The number of aryl methyl sites for hydroxylation is 1. The Morgan fingerprint density at radius 2 is 1.44 bits per heavy atom. The maximum absolute atomic E-state index is 13.5. The lowest BCUT2D eigenvalue weighted by Gasteiger charge is -2.29. The summed E-state index contributed by atoms with van der Waals surface area (Å²) in [5, 5.41) is 1.89. The molecule has 0 aliphatic rings.